The fourth-order valence-electron chi connectivity index (χ4n) is 1.44. The van der Waals surface area contributed by atoms with Crippen molar-refractivity contribution >= 4 is 12.0 Å². The van der Waals surface area contributed by atoms with Gasteiger partial charge in [0, 0.05) is 20.1 Å². The van der Waals surface area contributed by atoms with Crippen LogP contribution in [0.5, 0.6) is 0 Å². The number of amides is 2. The Balaban J connectivity index is 2.47. The highest BCUT2D eigenvalue weighted by Crippen LogP contribution is 2.06. The molecule has 6 heteroatoms. The largest absolute Gasteiger partial charge is 0.481 e. The van der Waals surface area contributed by atoms with E-state index in [9.17, 15) is 14.0 Å². The molecule has 0 aromatic heterocycles. The smallest absolute Gasteiger partial charge is 0.317 e. The van der Waals surface area contributed by atoms with Crippen molar-refractivity contribution < 1.29 is 19.1 Å². The lowest BCUT2D eigenvalue weighted by atomic mass is 10.2. The van der Waals surface area contributed by atoms with Gasteiger partial charge in [0.1, 0.15) is 5.82 Å². The summed E-state index contributed by atoms with van der Waals surface area (Å²) < 4.78 is 13.0. The molecule has 0 aliphatic rings. The van der Waals surface area contributed by atoms with Crippen LogP contribution in [0, 0.1) is 11.7 Å². The highest BCUT2D eigenvalue weighted by Gasteiger charge is 2.14. The molecule has 1 atom stereocenters. The van der Waals surface area contributed by atoms with Crippen LogP contribution in [0.3, 0.4) is 0 Å². The number of halogens is 1. The third-order valence-electron chi connectivity index (χ3n) is 2.64. The average molecular weight is 268 g/mol. The fraction of sp³-hybridized carbons (Fsp3) is 0.385. The first-order valence-electron chi connectivity index (χ1n) is 5.86. The summed E-state index contributed by atoms with van der Waals surface area (Å²) in [6, 6.07) is 5.58. The molecule has 2 N–H and O–H groups in total. The molecule has 0 fully saturated rings. The molecule has 0 heterocycles. The minimum absolute atomic E-state index is 0.0572. The topological polar surface area (TPSA) is 69.6 Å². The lowest BCUT2D eigenvalue weighted by molar-refractivity contribution is -0.140. The summed E-state index contributed by atoms with van der Waals surface area (Å²) >= 11 is 0. The summed E-state index contributed by atoms with van der Waals surface area (Å²) in [5, 5.41) is 11.2. The Morgan fingerprint density at radius 2 is 2.16 bits per heavy atom. The molecule has 104 valence electrons. The third-order valence-corrected chi connectivity index (χ3v) is 2.64. The van der Waals surface area contributed by atoms with E-state index < -0.39 is 17.9 Å². The van der Waals surface area contributed by atoms with E-state index in [-0.39, 0.29) is 18.9 Å². The van der Waals surface area contributed by atoms with Crippen molar-refractivity contribution in [1.29, 1.82) is 0 Å². The van der Waals surface area contributed by atoms with Crippen LogP contribution in [0.2, 0.25) is 0 Å². The Kier molecular flexibility index (Phi) is 5.29. The number of hydrogen-bond acceptors (Lipinski definition) is 2. The normalized spacial score (nSPS) is 11.7. The van der Waals surface area contributed by atoms with Gasteiger partial charge in [-0.15, -0.1) is 0 Å². The highest BCUT2D eigenvalue weighted by atomic mass is 19.1. The summed E-state index contributed by atoms with van der Waals surface area (Å²) in [6.07, 6.45) is 0. The number of urea groups is 1. The lowest BCUT2D eigenvalue weighted by Gasteiger charge is -2.19. The van der Waals surface area contributed by atoms with Crippen LogP contribution >= 0.6 is 0 Å². The summed E-state index contributed by atoms with van der Waals surface area (Å²) in [4.78, 5) is 23.7. The van der Waals surface area contributed by atoms with Gasteiger partial charge in [-0.25, -0.2) is 9.18 Å². The van der Waals surface area contributed by atoms with E-state index in [1.54, 1.807) is 19.2 Å². The molecule has 1 unspecified atom stereocenters. The first-order chi connectivity index (χ1) is 8.90. The van der Waals surface area contributed by atoms with Crippen molar-refractivity contribution in [2.75, 3.05) is 13.6 Å². The molecule has 1 aromatic carbocycles. The maximum absolute atomic E-state index is 13.0. The van der Waals surface area contributed by atoms with Crippen LogP contribution in [-0.4, -0.2) is 35.6 Å². The molecule has 0 spiro atoms. The van der Waals surface area contributed by atoms with Gasteiger partial charge in [0.25, 0.3) is 0 Å². The highest BCUT2D eigenvalue weighted by molar-refractivity contribution is 5.75. The number of nitrogens with one attached hydrogen (secondary N) is 1. The van der Waals surface area contributed by atoms with E-state index in [1.807, 2.05) is 0 Å². The number of carboxylic acids is 1. The molecule has 0 aliphatic heterocycles. The fourth-order valence-corrected chi connectivity index (χ4v) is 1.44. The first-order valence-corrected chi connectivity index (χ1v) is 5.86. The van der Waals surface area contributed by atoms with Crippen LogP contribution in [0.1, 0.15) is 12.5 Å². The van der Waals surface area contributed by atoms with Gasteiger partial charge in [-0.2, -0.15) is 0 Å². The Bertz CT molecular complexity index is 465. The second-order valence-corrected chi connectivity index (χ2v) is 4.41. The standard InChI is InChI=1S/C13H17FN2O3/c1-9(12(17)18)7-15-13(19)16(2)8-10-4-3-5-11(14)6-10/h3-6,9H,7-8H2,1-2H3,(H,15,19)(H,17,18). The van der Waals surface area contributed by atoms with Crippen LogP contribution in [-0.2, 0) is 11.3 Å². The number of carbonyl (C=O) groups is 2. The summed E-state index contributed by atoms with van der Waals surface area (Å²) in [7, 11) is 1.56. The van der Waals surface area contributed by atoms with Gasteiger partial charge < -0.3 is 15.3 Å². The minimum Gasteiger partial charge on any atom is -0.481 e. The molecule has 0 bridgehead atoms. The van der Waals surface area contributed by atoms with Gasteiger partial charge in [-0.3, -0.25) is 4.79 Å². The third kappa shape index (κ3) is 4.95. The molecule has 2 amide bonds. The van der Waals surface area contributed by atoms with E-state index in [0.29, 0.717) is 5.56 Å². The van der Waals surface area contributed by atoms with E-state index >= 15 is 0 Å². The molecule has 1 aromatic rings. The Morgan fingerprint density at radius 1 is 1.47 bits per heavy atom. The second-order valence-electron chi connectivity index (χ2n) is 4.41. The Hall–Kier alpha value is -2.11. The lowest BCUT2D eigenvalue weighted by Crippen LogP contribution is -2.40. The van der Waals surface area contributed by atoms with Crippen LogP contribution in [0.15, 0.2) is 24.3 Å². The van der Waals surface area contributed by atoms with Crippen LogP contribution < -0.4 is 5.32 Å². The van der Waals surface area contributed by atoms with Gasteiger partial charge in [0.05, 0.1) is 5.92 Å². The quantitative estimate of drug-likeness (QED) is 0.853. The van der Waals surface area contributed by atoms with Crippen molar-refractivity contribution in [2.24, 2.45) is 5.92 Å². The molecule has 0 saturated carbocycles. The van der Waals surface area contributed by atoms with Crippen molar-refractivity contribution in [3.8, 4) is 0 Å². The Labute approximate surface area is 111 Å². The Morgan fingerprint density at radius 3 is 2.74 bits per heavy atom. The zero-order chi connectivity index (χ0) is 14.4. The maximum atomic E-state index is 13.0. The number of hydrogen-bond donors (Lipinski definition) is 2. The van der Waals surface area contributed by atoms with Crippen molar-refractivity contribution in [3.63, 3.8) is 0 Å². The van der Waals surface area contributed by atoms with E-state index in [0.717, 1.165) is 0 Å². The molecular weight excluding hydrogens is 251 g/mol. The van der Waals surface area contributed by atoms with E-state index in [1.165, 1.54) is 24.0 Å². The molecule has 5 nitrogen and oxygen atoms in total. The van der Waals surface area contributed by atoms with Crippen LogP contribution in [0.25, 0.3) is 0 Å². The molecule has 1 rings (SSSR count). The van der Waals surface area contributed by atoms with Crippen molar-refractivity contribution in [2.45, 2.75) is 13.5 Å². The van der Waals surface area contributed by atoms with Crippen LogP contribution in [0.4, 0.5) is 9.18 Å². The predicted octanol–water partition coefficient (Wildman–Crippen LogP) is 1.69. The summed E-state index contributed by atoms with van der Waals surface area (Å²) in [6.45, 7) is 1.82. The molecular formula is C13H17FN2O3. The maximum Gasteiger partial charge on any atom is 0.317 e. The number of carbonyl (C=O) groups excluding carboxylic acids is 1. The predicted molar refractivity (Wildman–Crippen MR) is 68.1 cm³/mol. The number of nitrogens with zero attached hydrogens (tertiary/aromatic N) is 1. The van der Waals surface area contributed by atoms with Crippen molar-refractivity contribution in [1.82, 2.24) is 10.2 Å². The van der Waals surface area contributed by atoms with E-state index in [4.69, 9.17) is 5.11 Å². The minimum atomic E-state index is -0.965. The number of carboxylic acid groups (broad SMARTS) is 1. The van der Waals surface area contributed by atoms with Gasteiger partial charge in [-0.05, 0) is 17.7 Å². The number of aliphatic carboxylic acids is 1. The van der Waals surface area contributed by atoms with Gasteiger partial charge in [0.2, 0.25) is 0 Å². The van der Waals surface area contributed by atoms with Crippen molar-refractivity contribution in [3.05, 3.63) is 35.6 Å². The SMILES string of the molecule is CC(CNC(=O)N(C)Cc1cccc(F)c1)C(=O)O. The summed E-state index contributed by atoms with van der Waals surface area (Å²) in [5.74, 6) is -1.97. The zero-order valence-corrected chi connectivity index (χ0v) is 10.9. The van der Waals surface area contributed by atoms with Gasteiger partial charge in [-0.1, -0.05) is 19.1 Å². The molecule has 0 aliphatic carbocycles. The van der Waals surface area contributed by atoms with Gasteiger partial charge in [0.15, 0.2) is 0 Å². The van der Waals surface area contributed by atoms with Gasteiger partial charge >= 0.3 is 12.0 Å². The second kappa shape index (κ2) is 6.72. The average Bonchev–Trinajstić information content (AvgIpc) is 2.35. The number of rotatable bonds is 5. The molecule has 0 radical (unpaired) electrons. The zero-order valence-electron chi connectivity index (χ0n) is 10.9. The summed E-state index contributed by atoms with van der Waals surface area (Å²) in [5.41, 5.74) is 0.670. The number of benzene rings is 1. The monoisotopic (exact) mass is 268 g/mol. The molecule has 0 saturated heterocycles. The molecule has 19 heavy (non-hydrogen) atoms. The van der Waals surface area contributed by atoms with E-state index in [2.05, 4.69) is 5.32 Å². The first kappa shape index (κ1) is 14.9.